The van der Waals surface area contributed by atoms with E-state index < -0.39 is 0 Å². The molecule has 0 aliphatic rings. The molecule has 0 heterocycles. The highest BCUT2D eigenvalue weighted by Crippen LogP contribution is 2.15. The van der Waals surface area contributed by atoms with Gasteiger partial charge in [0.2, 0.25) is 0 Å². The van der Waals surface area contributed by atoms with Crippen LogP contribution in [0.1, 0.15) is 19.4 Å². The maximum Gasteiger partial charge on any atom is 0.191 e. The Morgan fingerprint density at radius 1 is 1.29 bits per heavy atom. The number of hydrogen-bond donors (Lipinski definition) is 2. The van der Waals surface area contributed by atoms with Crippen molar-refractivity contribution in [2.24, 2.45) is 4.99 Å². The Kier molecular flexibility index (Phi) is 5.77. The molecule has 0 saturated carbocycles. The van der Waals surface area contributed by atoms with Crippen LogP contribution < -0.4 is 10.6 Å². The number of aliphatic imine (C=N–C) groups is 1. The summed E-state index contributed by atoms with van der Waals surface area (Å²) in [7, 11) is 0. The van der Waals surface area contributed by atoms with Crippen LogP contribution in [0.2, 0.25) is 5.02 Å². The molecule has 2 N–H and O–H groups in total. The van der Waals surface area contributed by atoms with Gasteiger partial charge in [-0.15, -0.1) is 0 Å². The topological polar surface area (TPSA) is 36.4 Å². The third-order valence-corrected chi connectivity index (χ3v) is 2.35. The first-order valence-electron chi connectivity index (χ1n) is 5.63. The first-order valence-corrected chi connectivity index (χ1v) is 6.01. The summed E-state index contributed by atoms with van der Waals surface area (Å²) in [5.74, 6) is 0.359. The molecule has 0 unspecified atom stereocenters. The van der Waals surface area contributed by atoms with Gasteiger partial charge in [-0.3, -0.25) is 0 Å². The number of nitrogens with one attached hydrogen (secondary N) is 2. The monoisotopic (exact) mass is 257 g/mol. The number of guanidine groups is 1. The maximum absolute atomic E-state index is 13.5. The van der Waals surface area contributed by atoms with Gasteiger partial charge in [-0.1, -0.05) is 17.7 Å². The van der Waals surface area contributed by atoms with Crippen molar-refractivity contribution in [2.75, 3.05) is 13.1 Å². The van der Waals surface area contributed by atoms with Gasteiger partial charge in [0.05, 0.1) is 6.54 Å². The second kappa shape index (κ2) is 7.12. The summed E-state index contributed by atoms with van der Waals surface area (Å²) in [6.07, 6.45) is 0. The molecule has 1 aromatic carbocycles. The van der Waals surface area contributed by atoms with Gasteiger partial charge in [0.15, 0.2) is 5.96 Å². The van der Waals surface area contributed by atoms with E-state index in [1.807, 2.05) is 13.8 Å². The molecule has 0 aliphatic carbocycles. The van der Waals surface area contributed by atoms with E-state index in [1.165, 1.54) is 6.07 Å². The van der Waals surface area contributed by atoms with Crippen LogP contribution in [0.4, 0.5) is 4.39 Å². The Morgan fingerprint density at radius 3 is 2.47 bits per heavy atom. The average molecular weight is 258 g/mol. The number of rotatable bonds is 4. The zero-order valence-electron chi connectivity index (χ0n) is 10.1. The maximum atomic E-state index is 13.5. The van der Waals surface area contributed by atoms with E-state index in [0.717, 1.165) is 13.1 Å². The fourth-order valence-electron chi connectivity index (χ4n) is 1.32. The normalized spacial score (nSPS) is 9.88. The van der Waals surface area contributed by atoms with Crippen LogP contribution in [-0.2, 0) is 6.54 Å². The second-order valence-corrected chi connectivity index (χ2v) is 3.90. The Balaban J connectivity index is 2.71. The minimum Gasteiger partial charge on any atom is -0.357 e. The Labute approximate surface area is 106 Å². The van der Waals surface area contributed by atoms with Crippen LogP contribution >= 0.6 is 11.6 Å². The summed E-state index contributed by atoms with van der Waals surface area (Å²) in [4.78, 5) is 4.28. The molecular formula is C12H17ClFN3. The summed E-state index contributed by atoms with van der Waals surface area (Å²) >= 11 is 5.68. The molecular weight excluding hydrogens is 241 g/mol. The first-order chi connectivity index (χ1) is 8.17. The number of halogens is 2. The van der Waals surface area contributed by atoms with E-state index in [9.17, 15) is 4.39 Å². The predicted octanol–water partition coefficient (Wildman–Crippen LogP) is 2.55. The molecule has 0 saturated heterocycles. The SMILES string of the molecule is CCNC(=NCc1ccc(Cl)cc1F)NCC. The molecule has 94 valence electrons. The van der Waals surface area contributed by atoms with Gasteiger partial charge < -0.3 is 10.6 Å². The molecule has 0 fully saturated rings. The Morgan fingerprint density at radius 2 is 1.94 bits per heavy atom. The molecule has 0 aliphatic heterocycles. The molecule has 1 rings (SSSR count). The molecule has 1 aromatic rings. The van der Waals surface area contributed by atoms with Crippen LogP contribution in [0.15, 0.2) is 23.2 Å². The second-order valence-electron chi connectivity index (χ2n) is 3.46. The summed E-state index contributed by atoms with van der Waals surface area (Å²) in [6.45, 7) is 5.80. The summed E-state index contributed by atoms with van der Waals surface area (Å²) in [5.41, 5.74) is 0.530. The van der Waals surface area contributed by atoms with Crippen LogP contribution in [0.3, 0.4) is 0 Å². The minimum atomic E-state index is -0.325. The lowest BCUT2D eigenvalue weighted by Gasteiger charge is -2.09. The van der Waals surface area contributed by atoms with Crippen molar-refractivity contribution in [1.29, 1.82) is 0 Å². The van der Waals surface area contributed by atoms with Gasteiger partial charge >= 0.3 is 0 Å². The highest BCUT2D eigenvalue weighted by atomic mass is 35.5. The van der Waals surface area contributed by atoms with Gasteiger partial charge in [-0.25, -0.2) is 9.38 Å². The van der Waals surface area contributed by atoms with Crippen molar-refractivity contribution in [2.45, 2.75) is 20.4 Å². The average Bonchev–Trinajstić information content (AvgIpc) is 2.28. The smallest absolute Gasteiger partial charge is 0.191 e. The molecule has 17 heavy (non-hydrogen) atoms. The van der Waals surface area contributed by atoms with Gasteiger partial charge in [0, 0.05) is 23.7 Å². The van der Waals surface area contributed by atoms with E-state index in [0.29, 0.717) is 23.1 Å². The van der Waals surface area contributed by atoms with Gasteiger partial charge in [0.25, 0.3) is 0 Å². The third-order valence-electron chi connectivity index (χ3n) is 2.11. The van der Waals surface area contributed by atoms with Crippen LogP contribution in [0.5, 0.6) is 0 Å². The molecule has 0 bridgehead atoms. The zero-order chi connectivity index (χ0) is 12.7. The van der Waals surface area contributed by atoms with Crippen molar-refractivity contribution in [3.8, 4) is 0 Å². The van der Waals surface area contributed by atoms with Gasteiger partial charge in [-0.05, 0) is 26.0 Å². The molecule has 0 radical (unpaired) electrons. The molecule has 0 atom stereocenters. The van der Waals surface area contributed by atoms with E-state index >= 15 is 0 Å². The Bertz CT molecular complexity index is 385. The van der Waals surface area contributed by atoms with E-state index in [-0.39, 0.29) is 5.82 Å². The van der Waals surface area contributed by atoms with Crippen molar-refractivity contribution < 1.29 is 4.39 Å². The Hall–Kier alpha value is -1.29. The van der Waals surface area contributed by atoms with E-state index in [4.69, 9.17) is 11.6 Å². The van der Waals surface area contributed by atoms with E-state index in [1.54, 1.807) is 12.1 Å². The highest BCUT2D eigenvalue weighted by molar-refractivity contribution is 6.30. The van der Waals surface area contributed by atoms with Gasteiger partial charge in [0.1, 0.15) is 5.82 Å². The van der Waals surface area contributed by atoms with Gasteiger partial charge in [-0.2, -0.15) is 0 Å². The summed E-state index contributed by atoms with van der Waals surface area (Å²) in [6, 6.07) is 4.61. The first kappa shape index (κ1) is 13.8. The summed E-state index contributed by atoms with van der Waals surface area (Å²) < 4.78 is 13.5. The molecule has 0 amide bonds. The lowest BCUT2D eigenvalue weighted by molar-refractivity contribution is 0.610. The van der Waals surface area contributed by atoms with Crippen molar-refractivity contribution >= 4 is 17.6 Å². The molecule has 0 aromatic heterocycles. The molecule has 5 heteroatoms. The lowest BCUT2D eigenvalue weighted by Crippen LogP contribution is -2.37. The standard InChI is InChI=1S/C12H17ClFN3/c1-3-15-12(16-4-2)17-8-9-5-6-10(13)7-11(9)14/h5-7H,3-4,8H2,1-2H3,(H2,15,16,17). The number of hydrogen-bond acceptors (Lipinski definition) is 1. The fraction of sp³-hybridized carbons (Fsp3) is 0.417. The van der Waals surface area contributed by atoms with Crippen molar-refractivity contribution in [3.05, 3.63) is 34.6 Å². The predicted molar refractivity (Wildman–Crippen MR) is 69.9 cm³/mol. The summed E-state index contributed by atoms with van der Waals surface area (Å²) in [5, 5.41) is 6.55. The highest BCUT2D eigenvalue weighted by Gasteiger charge is 2.02. The third kappa shape index (κ3) is 4.61. The molecule has 3 nitrogen and oxygen atoms in total. The fourth-order valence-corrected chi connectivity index (χ4v) is 1.48. The zero-order valence-corrected chi connectivity index (χ0v) is 10.8. The quantitative estimate of drug-likeness (QED) is 0.643. The van der Waals surface area contributed by atoms with Crippen LogP contribution in [0, 0.1) is 5.82 Å². The largest absolute Gasteiger partial charge is 0.357 e. The van der Waals surface area contributed by atoms with Crippen LogP contribution in [-0.4, -0.2) is 19.0 Å². The number of benzene rings is 1. The van der Waals surface area contributed by atoms with Crippen molar-refractivity contribution in [1.82, 2.24) is 10.6 Å². The van der Waals surface area contributed by atoms with E-state index in [2.05, 4.69) is 15.6 Å². The minimum absolute atomic E-state index is 0.290. The molecule has 0 spiro atoms. The lowest BCUT2D eigenvalue weighted by atomic mass is 10.2. The van der Waals surface area contributed by atoms with Crippen molar-refractivity contribution in [3.63, 3.8) is 0 Å². The number of nitrogens with zero attached hydrogens (tertiary/aromatic N) is 1. The van der Waals surface area contributed by atoms with Crippen LogP contribution in [0.25, 0.3) is 0 Å².